The molecule has 0 spiro atoms. The maximum Gasteiger partial charge on any atom is 0.251 e. The van der Waals surface area contributed by atoms with Gasteiger partial charge in [0.15, 0.2) is 5.96 Å². The lowest BCUT2D eigenvalue weighted by molar-refractivity contribution is 0.0919. The molecule has 0 aromatic heterocycles. The largest absolute Gasteiger partial charge is 0.354 e. The number of benzene rings is 2. The Balaban J connectivity index is 1.85. The normalized spacial score (nSPS) is 12.9. The van der Waals surface area contributed by atoms with Crippen LogP contribution in [-0.4, -0.2) is 30.5 Å². The molecule has 2 aromatic rings. The summed E-state index contributed by atoms with van der Waals surface area (Å²) in [6.07, 6.45) is 2.05. The second-order valence-corrected chi connectivity index (χ2v) is 8.40. The molecule has 0 bridgehead atoms. The van der Waals surface area contributed by atoms with Crippen molar-refractivity contribution in [2.24, 2.45) is 4.99 Å². The van der Waals surface area contributed by atoms with Crippen LogP contribution in [0.3, 0.4) is 0 Å². The molecule has 1 atom stereocenters. The molecule has 0 radical (unpaired) electrons. The van der Waals surface area contributed by atoms with Gasteiger partial charge in [0.1, 0.15) is 0 Å². The standard InChI is InChI=1S/C24H34N4O/c1-18(14-15-19-10-7-6-8-11-19)27-23(25-5)26-17-20-12-9-13-21(16-20)22(29)28-24(2,3)4/h6-13,16,18H,14-15,17H2,1-5H3,(H,28,29)(H2,25,26,27). The molecule has 0 saturated carbocycles. The van der Waals surface area contributed by atoms with Gasteiger partial charge < -0.3 is 16.0 Å². The molecule has 5 heteroatoms. The molecule has 2 rings (SSSR count). The third-order valence-corrected chi connectivity index (χ3v) is 4.45. The minimum Gasteiger partial charge on any atom is -0.354 e. The first-order valence-corrected chi connectivity index (χ1v) is 10.2. The van der Waals surface area contributed by atoms with E-state index in [-0.39, 0.29) is 11.4 Å². The summed E-state index contributed by atoms with van der Waals surface area (Å²) in [6.45, 7) is 8.69. The van der Waals surface area contributed by atoms with Gasteiger partial charge in [-0.25, -0.2) is 0 Å². The Hall–Kier alpha value is -2.82. The summed E-state index contributed by atoms with van der Waals surface area (Å²) in [5, 5.41) is 9.77. The molecule has 3 N–H and O–H groups in total. The minimum absolute atomic E-state index is 0.0589. The quantitative estimate of drug-likeness (QED) is 0.493. The van der Waals surface area contributed by atoms with Gasteiger partial charge in [0.2, 0.25) is 0 Å². The number of hydrogen-bond donors (Lipinski definition) is 3. The number of rotatable bonds is 7. The Kier molecular flexibility index (Phi) is 8.25. The molecule has 5 nitrogen and oxygen atoms in total. The Bertz CT molecular complexity index is 809. The van der Waals surface area contributed by atoms with Crippen LogP contribution in [-0.2, 0) is 13.0 Å². The number of nitrogens with one attached hydrogen (secondary N) is 3. The first-order valence-electron chi connectivity index (χ1n) is 10.2. The molecule has 0 aliphatic carbocycles. The summed E-state index contributed by atoms with van der Waals surface area (Å²) in [5.41, 5.74) is 2.78. The summed E-state index contributed by atoms with van der Waals surface area (Å²) in [5.74, 6) is 0.700. The minimum atomic E-state index is -0.257. The van der Waals surface area contributed by atoms with Crippen molar-refractivity contribution in [3.8, 4) is 0 Å². The molecule has 1 unspecified atom stereocenters. The van der Waals surface area contributed by atoms with Crippen LogP contribution in [0.4, 0.5) is 0 Å². The van der Waals surface area contributed by atoms with Crippen molar-refractivity contribution < 1.29 is 4.79 Å². The smallest absolute Gasteiger partial charge is 0.251 e. The molecule has 1 amide bonds. The molecule has 156 valence electrons. The van der Waals surface area contributed by atoms with Gasteiger partial charge in [0, 0.05) is 30.7 Å². The number of aryl methyl sites for hydroxylation is 1. The monoisotopic (exact) mass is 394 g/mol. The molecule has 0 saturated heterocycles. The predicted octanol–water partition coefficient (Wildman–Crippen LogP) is 3.90. The third kappa shape index (κ3) is 8.38. The van der Waals surface area contributed by atoms with Crippen LogP contribution in [0.2, 0.25) is 0 Å². The van der Waals surface area contributed by atoms with Crippen LogP contribution in [0.15, 0.2) is 59.6 Å². The maximum absolute atomic E-state index is 12.4. The molecule has 2 aromatic carbocycles. The van der Waals surface area contributed by atoms with Crippen molar-refractivity contribution >= 4 is 11.9 Å². The van der Waals surface area contributed by atoms with Crippen LogP contribution in [0, 0.1) is 0 Å². The molecule has 29 heavy (non-hydrogen) atoms. The molecular weight excluding hydrogens is 360 g/mol. The van der Waals surface area contributed by atoms with E-state index in [1.165, 1.54) is 5.56 Å². The van der Waals surface area contributed by atoms with Gasteiger partial charge >= 0.3 is 0 Å². The van der Waals surface area contributed by atoms with E-state index in [1.807, 2.05) is 51.1 Å². The van der Waals surface area contributed by atoms with Crippen molar-refractivity contribution in [2.75, 3.05) is 7.05 Å². The lowest BCUT2D eigenvalue weighted by atomic mass is 10.1. The first-order chi connectivity index (χ1) is 13.8. The lowest BCUT2D eigenvalue weighted by Gasteiger charge is -2.21. The number of hydrogen-bond acceptors (Lipinski definition) is 2. The van der Waals surface area contributed by atoms with E-state index in [1.54, 1.807) is 7.05 Å². The number of aliphatic imine (C=N–C) groups is 1. The van der Waals surface area contributed by atoms with E-state index in [4.69, 9.17) is 0 Å². The fourth-order valence-corrected chi connectivity index (χ4v) is 2.95. The summed E-state index contributed by atoms with van der Waals surface area (Å²) < 4.78 is 0. The van der Waals surface area contributed by atoms with Gasteiger partial charge in [0.25, 0.3) is 5.91 Å². The molecule has 0 aliphatic heterocycles. The Labute approximate surface area is 175 Å². The highest BCUT2D eigenvalue weighted by Gasteiger charge is 2.15. The number of carbonyl (C=O) groups is 1. The highest BCUT2D eigenvalue weighted by atomic mass is 16.1. The van der Waals surface area contributed by atoms with Gasteiger partial charge in [-0.1, -0.05) is 42.5 Å². The van der Waals surface area contributed by atoms with E-state index in [2.05, 4.69) is 52.1 Å². The van der Waals surface area contributed by atoms with E-state index >= 15 is 0 Å². The van der Waals surface area contributed by atoms with E-state index < -0.39 is 0 Å². The molecular formula is C24H34N4O. The summed E-state index contributed by atoms with van der Waals surface area (Å²) in [6, 6.07) is 18.5. The lowest BCUT2D eigenvalue weighted by Crippen LogP contribution is -2.42. The number of amides is 1. The number of guanidine groups is 1. The zero-order valence-electron chi connectivity index (χ0n) is 18.3. The average molecular weight is 395 g/mol. The predicted molar refractivity (Wildman–Crippen MR) is 121 cm³/mol. The summed E-state index contributed by atoms with van der Waals surface area (Å²) in [4.78, 5) is 16.7. The van der Waals surface area contributed by atoms with Crippen LogP contribution in [0.25, 0.3) is 0 Å². The second-order valence-electron chi connectivity index (χ2n) is 8.40. The molecule has 0 heterocycles. The Morgan fingerprint density at radius 2 is 1.72 bits per heavy atom. The van der Waals surface area contributed by atoms with Gasteiger partial charge in [0.05, 0.1) is 0 Å². The zero-order chi connectivity index (χ0) is 21.3. The van der Waals surface area contributed by atoms with Crippen molar-refractivity contribution in [2.45, 2.75) is 58.7 Å². The fraction of sp³-hybridized carbons (Fsp3) is 0.417. The molecule has 0 fully saturated rings. The van der Waals surface area contributed by atoms with Crippen LogP contribution < -0.4 is 16.0 Å². The fourth-order valence-electron chi connectivity index (χ4n) is 2.95. The van der Waals surface area contributed by atoms with E-state index in [0.29, 0.717) is 18.2 Å². The maximum atomic E-state index is 12.4. The third-order valence-electron chi connectivity index (χ3n) is 4.45. The van der Waals surface area contributed by atoms with E-state index in [0.717, 1.165) is 24.4 Å². The van der Waals surface area contributed by atoms with Crippen molar-refractivity contribution in [3.05, 3.63) is 71.3 Å². The van der Waals surface area contributed by atoms with Crippen LogP contribution >= 0.6 is 0 Å². The zero-order valence-corrected chi connectivity index (χ0v) is 18.3. The van der Waals surface area contributed by atoms with Crippen molar-refractivity contribution in [3.63, 3.8) is 0 Å². The van der Waals surface area contributed by atoms with Crippen LogP contribution in [0.5, 0.6) is 0 Å². The van der Waals surface area contributed by atoms with Crippen molar-refractivity contribution in [1.82, 2.24) is 16.0 Å². The number of carbonyl (C=O) groups excluding carboxylic acids is 1. The highest BCUT2D eigenvalue weighted by molar-refractivity contribution is 5.94. The number of nitrogens with zero attached hydrogens (tertiary/aromatic N) is 1. The Morgan fingerprint density at radius 1 is 1.03 bits per heavy atom. The van der Waals surface area contributed by atoms with Gasteiger partial charge in [-0.15, -0.1) is 0 Å². The van der Waals surface area contributed by atoms with Crippen molar-refractivity contribution in [1.29, 1.82) is 0 Å². The highest BCUT2D eigenvalue weighted by Crippen LogP contribution is 2.08. The SMILES string of the molecule is CN=C(NCc1cccc(C(=O)NC(C)(C)C)c1)NC(C)CCc1ccccc1. The summed E-state index contributed by atoms with van der Waals surface area (Å²) in [7, 11) is 1.77. The van der Waals surface area contributed by atoms with Gasteiger partial charge in [-0.3, -0.25) is 9.79 Å². The van der Waals surface area contributed by atoms with Gasteiger partial charge in [-0.2, -0.15) is 0 Å². The Morgan fingerprint density at radius 3 is 2.38 bits per heavy atom. The van der Waals surface area contributed by atoms with Crippen LogP contribution in [0.1, 0.15) is 55.6 Å². The second kappa shape index (κ2) is 10.6. The summed E-state index contributed by atoms with van der Waals surface area (Å²) >= 11 is 0. The topological polar surface area (TPSA) is 65.5 Å². The van der Waals surface area contributed by atoms with Gasteiger partial charge in [-0.05, 0) is 63.8 Å². The van der Waals surface area contributed by atoms with E-state index in [9.17, 15) is 4.79 Å². The average Bonchev–Trinajstić information content (AvgIpc) is 2.69. The first kappa shape index (κ1) is 22.5. The molecule has 0 aliphatic rings.